The van der Waals surface area contributed by atoms with Crippen LogP contribution in [0.4, 0.5) is 0 Å². The molecule has 0 aliphatic carbocycles. The molecule has 3 heterocycles. The van der Waals surface area contributed by atoms with Crippen molar-refractivity contribution in [3.8, 4) is 0 Å². The summed E-state index contributed by atoms with van der Waals surface area (Å²) >= 11 is 0. The maximum absolute atomic E-state index is 12.8. The van der Waals surface area contributed by atoms with Crippen LogP contribution in [0.2, 0.25) is 0 Å². The third-order valence-electron chi connectivity index (χ3n) is 4.10. The lowest BCUT2D eigenvalue weighted by molar-refractivity contribution is -0.141. The lowest BCUT2D eigenvalue weighted by Gasteiger charge is -2.06. The molecule has 0 spiro atoms. The predicted molar refractivity (Wildman–Crippen MR) is 87.2 cm³/mol. The number of ether oxygens (including phenoxy) is 1. The molecule has 0 N–H and O–H groups in total. The highest BCUT2D eigenvalue weighted by atomic mass is 16.5. The Bertz CT molecular complexity index is 1070. The zero-order valence-electron chi connectivity index (χ0n) is 14.1. The molecule has 3 aromatic rings. The van der Waals surface area contributed by atoms with Gasteiger partial charge in [-0.3, -0.25) is 23.1 Å². The number of nitrogens with zero attached hydrogens (tertiary/aromatic N) is 5. The van der Waals surface area contributed by atoms with E-state index in [1.165, 1.54) is 16.2 Å². The molecule has 3 rings (SSSR count). The summed E-state index contributed by atoms with van der Waals surface area (Å²) in [6.45, 7) is 4.05. The standard InChI is InChI=1S/C15H19N5O4/c1-5-6-18-13(22)11-12(17(3)15(18)23)16-14-19(8-10(21)24-4)9(2)7-20(11)14/h7H,5-6,8H2,1-4H3. The van der Waals surface area contributed by atoms with Gasteiger partial charge >= 0.3 is 11.7 Å². The fourth-order valence-corrected chi connectivity index (χ4v) is 2.86. The number of aromatic nitrogens is 5. The molecule has 9 heteroatoms. The van der Waals surface area contributed by atoms with Crippen molar-refractivity contribution in [3.63, 3.8) is 0 Å². The van der Waals surface area contributed by atoms with E-state index in [4.69, 9.17) is 4.74 Å². The highest BCUT2D eigenvalue weighted by Crippen LogP contribution is 2.16. The number of hydrogen-bond donors (Lipinski definition) is 0. The molecule has 0 bridgehead atoms. The second-order valence-electron chi connectivity index (χ2n) is 5.69. The number of carbonyl (C=O) groups excluding carboxylic acids is 1. The summed E-state index contributed by atoms with van der Waals surface area (Å²) in [5.74, 6) is 0.00906. The Morgan fingerprint density at radius 2 is 2.00 bits per heavy atom. The molecule has 0 fully saturated rings. The van der Waals surface area contributed by atoms with E-state index < -0.39 is 11.7 Å². The van der Waals surface area contributed by atoms with E-state index in [-0.39, 0.29) is 12.1 Å². The van der Waals surface area contributed by atoms with Gasteiger partial charge in [0.15, 0.2) is 11.2 Å². The predicted octanol–water partition coefficient (Wildman–Crippen LogP) is 0.0408. The van der Waals surface area contributed by atoms with Gasteiger partial charge in [0, 0.05) is 25.5 Å². The van der Waals surface area contributed by atoms with Crippen LogP contribution in [0.1, 0.15) is 19.0 Å². The Hall–Kier alpha value is -2.84. The van der Waals surface area contributed by atoms with Crippen LogP contribution in [-0.4, -0.2) is 36.2 Å². The van der Waals surface area contributed by atoms with Crippen LogP contribution in [-0.2, 0) is 29.7 Å². The maximum atomic E-state index is 12.8. The van der Waals surface area contributed by atoms with Crippen molar-refractivity contribution in [1.29, 1.82) is 0 Å². The minimum absolute atomic E-state index is 0.0146. The van der Waals surface area contributed by atoms with Gasteiger partial charge in [-0.25, -0.2) is 4.79 Å². The number of methoxy groups -OCH3 is 1. The zero-order valence-corrected chi connectivity index (χ0v) is 14.1. The molecule has 0 amide bonds. The van der Waals surface area contributed by atoms with Crippen LogP contribution in [0, 0.1) is 6.92 Å². The van der Waals surface area contributed by atoms with E-state index >= 15 is 0 Å². The highest BCUT2D eigenvalue weighted by molar-refractivity contribution is 5.77. The molecule has 24 heavy (non-hydrogen) atoms. The Kier molecular flexibility index (Phi) is 3.78. The molecule has 0 atom stereocenters. The smallest absolute Gasteiger partial charge is 0.332 e. The molecule has 3 aromatic heterocycles. The van der Waals surface area contributed by atoms with Gasteiger partial charge in [-0.15, -0.1) is 0 Å². The van der Waals surface area contributed by atoms with E-state index in [1.807, 2.05) is 13.8 Å². The van der Waals surface area contributed by atoms with Crippen LogP contribution < -0.4 is 11.2 Å². The highest BCUT2D eigenvalue weighted by Gasteiger charge is 2.20. The van der Waals surface area contributed by atoms with Crippen molar-refractivity contribution < 1.29 is 9.53 Å². The summed E-state index contributed by atoms with van der Waals surface area (Å²) in [6, 6.07) is 0. The summed E-state index contributed by atoms with van der Waals surface area (Å²) in [6.07, 6.45) is 2.40. The molecular formula is C15H19N5O4. The van der Waals surface area contributed by atoms with Crippen molar-refractivity contribution in [2.45, 2.75) is 33.4 Å². The molecule has 0 aliphatic heterocycles. The van der Waals surface area contributed by atoms with E-state index in [0.717, 1.165) is 5.69 Å². The number of carbonyl (C=O) groups is 1. The molecule has 128 valence electrons. The van der Waals surface area contributed by atoms with Gasteiger partial charge in [0.1, 0.15) is 6.54 Å². The average Bonchev–Trinajstić information content (AvgIpc) is 3.06. The SMILES string of the molecule is CCCn1c(=O)c2c(nc3n(CC(=O)OC)c(C)cn23)n(C)c1=O. The van der Waals surface area contributed by atoms with E-state index in [0.29, 0.717) is 29.9 Å². The van der Waals surface area contributed by atoms with E-state index in [2.05, 4.69) is 4.98 Å². The average molecular weight is 333 g/mol. The Morgan fingerprint density at radius 3 is 2.62 bits per heavy atom. The van der Waals surface area contributed by atoms with Gasteiger partial charge in [0.2, 0.25) is 5.78 Å². The first kappa shape index (κ1) is 16.0. The van der Waals surface area contributed by atoms with E-state index in [1.54, 1.807) is 22.2 Å². The first-order chi connectivity index (χ1) is 11.4. The number of esters is 1. The van der Waals surface area contributed by atoms with Gasteiger partial charge in [0.05, 0.1) is 7.11 Å². The minimum Gasteiger partial charge on any atom is -0.468 e. The fourth-order valence-electron chi connectivity index (χ4n) is 2.86. The van der Waals surface area contributed by atoms with Gasteiger partial charge in [-0.2, -0.15) is 4.98 Å². The third kappa shape index (κ3) is 2.15. The summed E-state index contributed by atoms with van der Waals surface area (Å²) in [5, 5.41) is 0. The van der Waals surface area contributed by atoms with Crippen LogP contribution in [0.25, 0.3) is 16.9 Å². The van der Waals surface area contributed by atoms with Gasteiger partial charge < -0.3 is 9.30 Å². The fraction of sp³-hybridized carbons (Fsp3) is 0.467. The normalized spacial score (nSPS) is 11.5. The second kappa shape index (κ2) is 5.66. The van der Waals surface area contributed by atoms with Crippen molar-refractivity contribution in [3.05, 3.63) is 32.7 Å². The van der Waals surface area contributed by atoms with Crippen molar-refractivity contribution >= 4 is 22.9 Å². The number of hydrogen-bond acceptors (Lipinski definition) is 5. The van der Waals surface area contributed by atoms with Gasteiger partial charge in [-0.05, 0) is 13.3 Å². The quantitative estimate of drug-likeness (QED) is 0.629. The summed E-state index contributed by atoms with van der Waals surface area (Å²) in [4.78, 5) is 41.1. The monoisotopic (exact) mass is 333 g/mol. The Labute approximate surface area is 136 Å². The van der Waals surface area contributed by atoms with Crippen molar-refractivity contribution in [2.24, 2.45) is 7.05 Å². The summed E-state index contributed by atoms with van der Waals surface area (Å²) in [7, 11) is 2.90. The summed E-state index contributed by atoms with van der Waals surface area (Å²) in [5.41, 5.74) is 0.613. The summed E-state index contributed by atoms with van der Waals surface area (Å²) < 4.78 is 10.6. The molecule has 0 saturated heterocycles. The van der Waals surface area contributed by atoms with E-state index in [9.17, 15) is 14.4 Å². The van der Waals surface area contributed by atoms with Crippen LogP contribution in [0.5, 0.6) is 0 Å². The van der Waals surface area contributed by atoms with Crippen LogP contribution in [0.3, 0.4) is 0 Å². The Morgan fingerprint density at radius 1 is 1.29 bits per heavy atom. The largest absolute Gasteiger partial charge is 0.468 e. The lowest BCUT2D eigenvalue weighted by atomic mass is 10.4. The molecular weight excluding hydrogens is 314 g/mol. The number of aryl methyl sites for hydroxylation is 2. The Balaban J connectivity index is 2.40. The third-order valence-corrected chi connectivity index (χ3v) is 4.10. The lowest BCUT2D eigenvalue weighted by Crippen LogP contribution is -2.39. The second-order valence-corrected chi connectivity index (χ2v) is 5.69. The molecule has 0 saturated carbocycles. The topological polar surface area (TPSA) is 92.5 Å². The number of rotatable bonds is 4. The number of imidazole rings is 2. The van der Waals surface area contributed by atoms with Gasteiger partial charge in [0.25, 0.3) is 5.56 Å². The molecule has 0 aliphatic rings. The molecule has 0 unspecified atom stereocenters. The molecule has 9 nitrogen and oxygen atoms in total. The zero-order chi connectivity index (χ0) is 17.6. The van der Waals surface area contributed by atoms with Gasteiger partial charge in [-0.1, -0.05) is 6.92 Å². The number of fused-ring (bicyclic) bond motifs is 3. The van der Waals surface area contributed by atoms with Crippen molar-refractivity contribution in [2.75, 3.05) is 7.11 Å². The molecule has 0 radical (unpaired) electrons. The maximum Gasteiger partial charge on any atom is 0.332 e. The van der Waals surface area contributed by atoms with Crippen LogP contribution in [0.15, 0.2) is 15.8 Å². The first-order valence-corrected chi connectivity index (χ1v) is 7.65. The van der Waals surface area contributed by atoms with Crippen LogP contribution >= 0.6 is 0 Å². The molecule has 0 aromatic carbocycles. The first-order valence-electron chi connectivity index (χ1n) is 7.65. The minimum atomic E-state index is -0.416. The van der Waals surface area contributed by atoms with Crippen molar-refractivity contribution in [1.82, 2.24) is 23.1 Å².